The maximum Gasteiger partial charge on any atom is 0.255 e. The zero-order chi connectivity index (χ0) is 17.1. The quantitative estimate of drug-likeness (QED) is 0.913. The second kappa shape index (κ2) is 7.00. The smallest absolute Gasteiger partial charge is 0.255 e. The fraction of sp³-hybridized carbons (Fsp3) is 0.471. The highest BCUT2D eigenvalue weighted by molar-refractivity contribution is 5.94. The number of nitrogens with zero attached hydrogens (tertiary/aromatic N) is 4. The van der Waals surface area contributed by atoms with Crippen molar-refractivity contribution in [1.82, 2.24) is 20.2 Å². The minimum absolute atomic E-state index is 0.188. The van der Waals surface area contributed by atoms with Gasteiger partial charge in [-0.25, -0.2) is 9.97 Å². The van der Waals surface area contributed by atoms with Crippen LogP contribution in [0.3, 0.4) is 0 Å². The Kier molecular flexibility index (Phi) is 4.80. The van der Waals surface area contributed by atoms with E-state index in [9.17, 15) is 4.79 Å². The van der Waals surface area contributed by atoms with Gasteiger partial charge in [0.05, 0.1) is 17.8 Å². The van der Waals surface area contributed by atoms with Crippen molar-refractivity contribution in [1.29, 1.82) is 0 Å². The SMILES string of the molecule is Cc1ccc(CNC(=O)c2cnc(N3CCN(C)CC3)nc2C)o1. The number of nitrogens with one attached hydrogen (secondary N) is 1. The maximum atomic E-state index is 12.3. The van der Waals surface area contributed by atoms with Crippen molar-refractivity contribution in [3.8, 4) is 0 Å². The van der Waals surface area contributed by atoms with Gasteiger partial charge >= 0.3 is 0 Å². The molecule has 7 nitrogen and oxygen atoms in total. The molecular weight excluding hydrogens is 306 g/mol. The molecule has 0 aromatic carbocycles. The summed E-state index contributed by atoms with van der Waals surface area (Å²) in [6, 6.07) is 3.73. The molecule has 0 saturated carbocycles. The van der Waals surface area contributed by atoms with E-state index in [1.54, 1.807) is 6.20 Å². The van der Waals surface area contributed by atoms with Gasteiger partial charge in [-0.05, 0) is 33.0 Å². The highest BCUT2D eigenvalue weighted by Gasteiger charge is 2.18. The van der Waals surface area contributed by atoms with Crippen molar-refractivity contribution < 1.29 is 9.21 Å². The van der Waals surface area contributed by atoms with Crippen LogP contribution in [0.15, 0.2) is 22.7 Å². The van der Waals surface area contributed by atoms with E-state index < -0.39 is 0 Å². The first-order chi connectivity index (χ1) is 11.5. The van der Waals surface area contributed by atoms with Crippen molar-refractivity contribution >= 4 is 11.9 Å². The van der Waals surface area contributed by atoms with Crippen LogP contribution in [0.1, 0.15) is 27.6 Å². The third-order valence-electron chi connectivity index (χ3n) is 4.22. The Hall–Kier alpha value is -2.41. The number of hydrogen-bond acceptors (Lipinski definition) is 6. The van der Waals surface area contributed by atoms with Crippen LogP contribution in [0.2, 0.25) is 0 Å². The summed E-state index contributed by atoms with van der Waals surface area (Å²) in [6.07, 6.45) is 1.61. The highest BCUT2D eigenvalue weighted by Crippen LogP contribution is 2.14. The van der Waals surface area contributed by atoms with Crippen molar-refractivity contribution in [3.63, 3.8) is 0 Å². The summed E-state index contributed by atoms with van der Waals surface area (Å²) in [4.78, 5) is 25.7. The van der Waals surface area contributed by atoms with E-state index in [1.807, 2.05) is 26.0 Å². The second-order valence-corrected chi connectivity index (χ2v) is 6.15. The predicted octanol–water partition coefficient (Wildman–Crippen LogP) is 1.37. The van der Waals surface area contributed by atoms with Crippen molar-refractivity contribution in [2.24, 2.45) is 0 Å². The minimum atomic E-state index is -0.188. The standard InChI is InChI=1S/C17H23N5O2/c1-12-4-5-14(24-12)10-18-16(23)15-11-19-17(20-13(15)2)22-8-6-21(3)7-9-22/h4-5,11H,6-10H2,1-3H3,(H,18,23). The van der Waals surface area contributed by atoms with Gasteiger partial charge < -0.3 is 19.5 Å². The molecule has 1 amide bonds. The Bertz CT molecular complexity index is 720. The average molecular weight is 329 g/mol. The summed E-state index contributed by atoms with van der Waals surface area (Å²) in [5, 5.41) is 2.84. The van der Waals surface area contributed by atoms with Gasteiger partial charge in [0.1, 0.15) is 11.5 Å². The molecule has 3 rings (SSSR count). The molecule has 3 heterocycles. The van der Waals surface area contributed by atoms with E-state index >= 15 is 0 Å². The number of carbonyl (C=O) groups excluding carboxylic acids is 1. The Morgan fingerprint density at radius 3 is 2.62 bits per heavy atom. The molecule has 1 aliphatic rings. The van der Waals surface area contributed by atoms with Gasteiger partial charge in [-0.2, -0.15) is 0 Å². The summed E-state index contributed by atoms with van der Waals surface area (Å²) >= 11 is 0. The van der Waals surface area contributed by atoms with Crippen LogP contribution >= 0.6 is 0 Å². The van der Waals surface area contributed by atoms with Crippen LogP contribution in [0.4, 0.5) is 5.95 Å². The molecule has 0 unspecified atom stereocenters. The zero-order valence-corrected chi connectivity index (χ0v) is 14.4. The Balaban J connectivity index is 1.64. The lowest BCUT2D eigenvalue weighted by molar-refractivity contribution is 0.0946. The molecule has 2 aromatic heterocycles. The van der Waals surface area contributed by atoms with Gasteiger partial charge in [0, 0.05) is 32.4 Å². The lowest BCUT2D eigenvalue weighted by Crippen LogP contribution is -2.45. The summed E-state index contributed by atoms with van der Waals surface area (Å²) in [5.41, 5.74) is 1.18. The van der Waals surface area contributed by atoms with E-state index in [0.29, 0.717) is 23.8 Å². The number of amides is 1. The van der Waals surface area contributed by atoms with E-state index in [-0.39, 0.29) is 5.91 Å². The molecule has 1 saturated heterocycles. The summed E-state index contributed by atoms with van der Waals surface area (Å²) in [7, 11) is 2.11. The number of furan rings is 1. The number of aromatic nitrogens is 2. The predicted molar refractivity (Wildman–Crippen MR) is 91.1 cm³/mol. The first-order valence-electron chi connectivity index (χ1n) is 8.13. The Morgan fingerprint density at radius 1 is 1.25 bits per heavy atom. The van der Waals surface area contributed by atoms with Gasteiger partial charge in [-0.3, -0.25) is 4.79 Å². The molecule has 1 aliphatic heterocycles. The first-order valence-corrected chi connectivity index (χ1v) is 8.13. The number of anilines is 1. The molecule has 0 bridgehead atoms. The number of hydrogen-bond donors (Lipinski definition) is 1. The van der Waals surface area contributed by atoms with E-state index in [4.69, 9.17) is 4.42 Å². The fourth-order valence-corrected chi connectivity index (χ4v) is 2.68. The maximum absolute atomic E-state index is 12.3. The summed E-state index contributed by atoms with van der Waals surface area (Å²) in [6.45, 7) is 7.86. The molecule has 128 valence electrons. The normalized spacial score (nSPS) is 15.5. The molecule has 2 aromatic rings. The number of likely N-dealkylation sites (N-methyl/N-ethyl adjacent to an activating group) is 1. The van der Waals surface area contributed by atoms with Crippen molar-refractivity contribution in [3.05, 3.63) is 41.1 Å². The van der Waals surface area contributed by atoms with Crippen LogP contribution in [0, 0.1) is 13.8 Å². The largest absolute Gasteiger partial charge is 0.465 e. The molecule has 7 heteroatoms. The van der Waals surface area contributed by atoms with Gasteiger partial charge in [0.25, 0.3) is 5.91 Å². The number of rotatable bonds is 4. The molecule has 0 spiro atoms. The van der Waals surface area contributed by atoms with Gasteiger partial charge in [-0.1, -0.05) is 0 Å². The van der Waals surface area contributed by atoms with E-state index in [1.165, 1.54) is 0 Å². The fourth-order valence-electron chi connectivity index (χ4n) is 2.68. The molecule has 0 radical (unpaired) electrons. The van der Waals surface area contributed by atoms with Crippen LogP contribution in [0.5, 0.6) is 0 Å². The lowest BCUT2D eigenvalue weighted by Gasteiger charge is -2.32. The third kappa shape index (κ3) is 3.73. The molecule has 0 aliphatic carbocycles. The molecule has 0 atom stereocenters. The Morgan fingerprint density at radius 2 is 2.00 bits per heavy atom. The van der Waals surface area contributed by atoms with E-state index in [2.05, 4.69) is 32.1 Å². The molecule has 1 fully saturated rings. The van der Waals surface area contributed by atoms with Crippen LogP contribution in [0.25, 0.3) is 0 Å². The van der Waals surface area contributed by atoms with Crippen molar-refractivity contribution in [2.45, 2.75) is 20.4 Å². The zero-order valence-electron chi connectivity index (χ0n) is 14.4. The van der Waals surface area contributed by atoms with Gasteiger partial charge in [0.15, 0.2) is 0 Å². The van der Waals surface area contributed by atoms with E-state index in [0.717, 1.165) is 37.7 Å². The van der Waals surface area contributed by atoms with Crippen LogP contribution in [-0.4, -0.2) is 54.0 Å². The minimum Gasteiger partial charge on any atom is -0.465 e. The number of carbonyl (C=O) groups is 1. The van der Waals surface area contributed by atoms with Gasteiger partial charge in [0.2, 0.25) is 5.95 Å². The monoisotopic (exact) mass is 329 g/mol. The molecule has 1 N–H and O–H groups in total. The average Bonchev–Trinajstić information content (AvgIpc) is 2.99. The second-order valence-electron chi connectivity index (χ2n) is 6.15. The molecule has 24 heavy (non-hydrogen) atoms. The highest BCUT2D eigenvalue weighted by atomic mass is 16.3. The Labute approximate surface area is 141 Å². The third-order valence-corrected chi connectivity index (χ3v) is 4.22. The summed E-state index contributed by atoms with van der Waals surface area (Å²) in [5.74, 6) is 2.06. The van der Waals surface area contributed by atoms with Crippen LogP contribution < -0.4 is 10.2 Å². The molecular formula is C17H23N5O2. The van der Waals surface area contributed by atoms with Crippen molar-refractivity contribution in [2.75, 3.05) is 38.1 Å². The topological polar surface area (TPSA) is 74.5 Å². The van der Waals surface area contributed by atoms with Crippen LogP contribution in [-0.2, 0) is 6.54 Å². The lowest BCUT2D eigenvalue weighted by atomic mass is 10.2. The summed E-state index contributed by atoms with van der Waals surface area (Å²) < 4.78 is 5.45. The number of piperazine rings is 1. The first kappa shape index (κ1) is 16.4. The van der Waals surface area contributed by atoms with Gasteiger partial charge in [-0.15, -0.1) is 0 Å². The number of aryl methyl sites for hydroxylation is 2.